The summed E-state index contributed by atoms with van der Waals surface area (Å²) in [4.78, 5) is 2.80. The molecule has 0 saturated carbocycles. The van der Waals surface area contributed by atoms with Crippen LogP contribution in [0, 0.1) is 5.92 Å². The number of nitrogens with zero attached hydrogens (tertiary/aromatic N) is 1. The minimum atomic E-state index is 0.168. The molecular formula is C31H41IN2S. The van der Waals surface area contributed by atoms with Crippen LogP contribution in [0.25, 0.3) is 21.6 Å². The van der Waals surface area contributed by atoms with E-state index >= 15 is 0 Å². The number of rotatable bonds is 6. The molecule has 0 radical (unpaired) electrons. The first-order chi connectivity index (χ1) is 16.5. The molecule has 0 amide bonds. The monoisotopic (exact) mass is 600 g/mol. The Hall–Kier alpha value is -1.21. The summed E-state index contributed by atoms with van der Waals surface area (Å²) < 4.78 is 2.42. The van der Waals surface area contributed by atoms with Gasteiger partial charge in [-0.2, -0.15) is 0 Å². The van der Waals surface area contributed by atoms with Gasteiger partial charge in [0.05, 0.1) is 0 Å². The Balaban J connectivity index is 1.58. The van der Waals surface area contributed by atoms with Gasteiger partial charge in [-0.3, -0.25) is 0 Å². The van der Waals surface area contributed by atoms with E-state index in [1.165, 1.54) is 63.5 Å². The van der Waals surface area contributed by atoms with Gasteiger partial charge in [-0.05, 0) is 64.5 Å². The Morgan fingerprint density at radius 3 is 1.86 bits per heavy atom. The highest BCUT2D eigenvalue weighted by atomic mass is 127. The number of piperidine rings is 1. The second kappa shape index (κ2) is 11.0. The zero-order valence-corrected chi connectivity index (χ0v) is 25.2. The molecule has 35 heavy (non-hydrogen) atoms. The number of halogens is 1. The fraction of sp³-hybridized carbons (Fsp3) is 0.484. The van der Waals surface area contributed by atoms with E-state index in [9.17, 15) is 0 Å². The van der Waals surface area contributed by atoms with E-state index in [1.807, 2.05) is 11.3 Å². The van der Waals surface area contributed by atoms with Crippen LogP contribution in [-0.4, -0.2) is 22.7 Å². The second-order valence-corrected chi connectivity index (χ2v) is 14.6. The maximum Gasteiger partial charge on any atom is 0.0424 e. The summed E-state index contributed by atoms with van der Waals surface area (Å²) >= 11 is 4.40. The van der Waals surface area contributed by atoms with Gasteiger partial charge in [0, 0.05) is 57.8 Å². The van der Waals surface area contributed by atoms with E-state index in [4.69, 9.17) is 0 Å². The third kappa shape index (κ3) is 6.97. The summed E-state index contributed by atoms with van der Waals surface area (Å²) in [6, 6.07) is 20.9. The average Bonchev–Trinajstić information content (AvgIpc) is 3.24. The predicted molar refractivity (Wildman–Crippen MR) is 163 cm³/mol. The van der Waals surface area contributed by atoms with Crippen molar-refractivity contribution < 1.29 is 0 Å². The first-order valence-corrected chi connectivity index (χ1v) is 14.7. The van der Waals surface area contributed by atoms with Crippen LogP contribution >= 0.6 is 34.2 Å². The zero-order chi connectivity index (χ0) is 25.2. The summed E-state index contributed by atoms with van der Waals surface area (Å²) in [6.07, 6.45) is 2.61. The first kappa shape index (κ1) is 26.8. The topological polar surface area (TPSA) is 15.3 Å². The van der Waals surface area contributed by atoms with Crippen LogP contribution in [0.15, 0.2) is 54.6 Å². The lowest BCUT2D eigenvalue weighted by Crippen LogP contribution is -2.32. The van der Waals surface area contributed by atoms with Crippen LogP contribution in [0.4, 0.5) is 0 Å². The van der Waals surface area contributed by atoms with Crippen molar-refractivity contribution in [3.63, 3.8) is 0 Å². The van der Waals surface area contributed by atoms with Gasteiger partial charge < -0.3 is 5.32 Å². The fourth-order valence-electron chi connectivity index (χ4n) is 4.73. The van der Waals surface area contributed by atoms with E-state index in [0.717, 1.165) is 19.0 Å². The SMILES string of the molecule is CC(C)(C)c1ccc(-c2cc(CNCC3CCN(I)CC3)sc2-c2ccc(C(C)(C)C)cc2)cc1. The van der Waals surface area contributed by atoms with Gasteiger partial charge in [0.25, 0.3) is 0 Å². The number of nitrogens with one attached hydrogen (secondary N) is 1. The zero-order valence-electron chi connectivity index (χ0n) is 22.2. The molecule has 2 nitrogen and oxygen atoms in total. The van der Waals surface area contributed by atoms with E-state index in [1.54, 1.807) is 0 Å². The van der Waals surface area contributed by atoms with E-state index in [0.29, 0.717) is 0 Å². The number of benzene rings is 2. The highest BCUT2D eigenvalue weighted by Crippen LogP contribution is 2.40. The Morgan fingerprint density at radius 2 is 1.34 bits per heavy atom. The smallest absolute Gasteiger partial charge is 0.0424 e. The minimum absolute atomic E-state index is 0.168. The van der Waals surface area contributed by atoms with Crippen molar-refractivity contribution in [3.05, 3.63) is 70.6 Å². The number of thiophene rings is 1. The van der Waals surface area contributed by atoms with Crippen molar-refractivity contribution in [2.24, 2.45) is 5.92 Å². The summed E-state index contributed by atoms with van der Waals surface area (Å²) in [6.45, 7) is 18.2. The van der Waals surface area contributed by atoms with Gasteiger partial charge in [-0.15, -0.1) is 11.3 Å². The van der Waals surface area contributed by atoms with Crippen LogP contribution in [-0.2, 0) is 17.4 Å². The van der Waals surface area contributed by atoms with Crippen molar-refractivity contribution in [3.8, 4) is 21.6 Å². The molecule has 0 atom stereocenters. The van der Waals surface area contributed by atoms with Crippen LogP contribution < -0.4 is 5.32 Å². The van der Waals surface area contributed by atoms with Crippen molar-refractivity contribution in [2.45, 2.75) is 71.8 Å². The average molecular weight is 601 g/mol. The molecule has 4 rings (SSSR count). The number of hydrogen-bond acceptors (Lipinski definition) is 3. The molecule has 1 aliphatic rings. The molecule has 0 spiro atoms. The lowest BCUT2D eigenvalue weighted by atomic mass is 9.85. The van der Waals surface area contributed by atoms with Gasteiger partial charge in [0.2, 0.25) is 0 Å². The molecule has 1 aromatic heterocycles. The van der Waals surface area contributed by atoms with E-state index < -0.39 is 0 Å². The highest BCUT2D eigenvalue weighted by molar-refractivity contribution is 14.1. The lowest BCUT2D eigenvalue weighted by Gasteiger charge is -2.27. The maximum atomic E-state index is 3.78. The second-order valence-electron chi connectivity index (χ2n) is 12.1. The largest absolute Gasteiger partial charge is 0.312 e. The first-order valence-electron chi connectivity index (χ1n) is 13.0. The molecule has 1 aliphatic heterocycles. The van der Waals surface area contributed by atoms with Crippen LogP contribution in [0.5, 0.6) is 0 Å². The standard InChI is InChI=1S/C31H41IN2S/c1-30(2,3)25-11-7-23(8-12-25)28-19-27(21-33-20-22-15-17-34(32)18-16-22)35-29(28)24-9-13-26(14-10-24)31(4,5)6/h7-14,19,22,33H,15-18,20-21H2,1-6H3. The van der Waals surface area contributed by atoms with Crippen LogP contribution in [0.1, 0.15) is 70.4 Å². The number of hydrogen-bond donors (Lipinski definition) is 1. The summed E-state index contributed by atoms with van der Waals surface area (Å²) in [5.74, 6) is 0.801. The molecule has 2 aromatic carbocycles. The van der Waals surface area contributed by atoms with Crippen LogP contribution in [0.3, 0.4) is 0 Å². The predicted octanol–water partition coefficient (Wildman–Crippen LogP) is 8.83. The van der Waals surface area contributed by atoms with Gasteiger partial charge in [0.1, 0.15) is 0 Å². The van der Waals surface area contributed by atoms with Crippen molar-refractivity contribution in [1.29, 1.82) is 0 Å². The molecule has 3 aromatic rings. The molecule has 1 fully saturated rings. The molecule has 0 unspecified atom stereocenters. The molecule has 2 heterocycles. The van der Waals surface area contributed by atoms with E-state index in [2.05, 4.69) is 127 Å². The third-order valence-corrected chi connectivity index (χ3v) is 9.30. The van der Waals surface area contributed by atoms with Crippen LogP contribution in [0.2, 0.25) is 0 Å². The Morgan fingerprint density at radius 1 is 0.829 bits per heavy atom. The lowest BCUT2D eigenvalue weighted by molar-refractivity contribution is 0.299. The summed E-state index contributed by atoms with van der Waals surface area (Å²) in [7, 11) is 0. The molecule has 0 aliphatic carbocycles. The highest BCUT2D eigenvalue weighted by Gasteiger charge is 2.19. The summed E-state index contributed by atoms with van der Waals surface area (Å²) in [5, 5.41) is 3.78. The van der Waals surface area contributed by atoms with Gasteiger partial charge >= 0.3 is 0 Å². The molecule has 4 heteroatoms. The fourth-order valence-corrected chi connectivity index (χ4v) is 6.45. The Bertz CT molecular complexity index is 1020. The van der Waals surface area contributed by atoms with Gasteiger partial charge in [-0.25, -0.2) is 3.11 Å². The summed E-state index contributed by atoms with van der Waals surface area (Å²) in [5.41, 5.74) is 7.08. The van der Waals surface area contributed by atoms with Gasteiger partial charge in [-0.1, -0.05) is 90.1 Å². The molecule has 0 bridgehead atoms. The van der Waals surface area contributed by atoms with Crippen molar-refractivity contribution in [1.82, 2.24) is 8.43 Å². The molecule has 1 saturated heterocycles. The van der Waals surface area contributed by atoms with Crippen molar-refractivity contribution >= 4 is 34.2 Å². The molecule has 188 valence electrons. The quantitative estimate of drug-likeness (QED) is 0.225. The molecule has 1 N–H and O–H groups in total. The maximum absolute atomic E-state index is 3.78. The Kier molecular flexibility index (Phi) is 8.47. The van der Waals surface area contributed by atoms with Gasteiger partial charge in [0.15, 0.2) is 0 Å². The Labute approximate surface area is 231 Å². The minimum Gasteiger partial charge on any atom is -0.312 e. The van der Waals surface area contributed by atoms with E-state index in [-0.39, 0.29) is 10.8 Å². The normalized spacial score (nSPS) is 16.1. The third-order valence-electron chi connectivity index (χ3n) is 7.15. The van der Waals surface area contributed by atoms with Crippen molar-refractivity contribution in [2.75, 3.05) is 19.6 Å². The molecular weight excluding hydrogens is 559 g/mol.